The molecule has 0 atom stereocenters. The van der Waals surface area contributed by atoms with E-state index in [0.29, 0.717) is 0 Å². The Labute approximate surface area is 117 Å². The van der Waals surface area contributed by atoms with E-state index in [0.717, 1.165) is 13.1 Å². The first kappa shape index (κ1) is 13.5. The van der Waals surface area contributed by atoms with Crippen LogP contribution in [0.2, 0.25) is 0 Å². The Morgan fingerprint density at radius 1 is 1.29 bits per heavy atom. The lowest BCUT2D eigenvalue weighted by Crippen LogP contribution is -2.32. The summed E-state index contributed by atoms with van der Waals surface area (Å²) in [6.45, 7) is 6.02. The van der Waals surface area contributed by atoms with E-state index >= 15 is 0 Å². The van der Waals surface area contributed by atoms with Crippen molar-refractivity contribution in [3.05, 3.63) is 20.8 Å². The van der Waals surface area contributed by atoms with E-state index in [1.54, 1.807) is 0 Å². The minimum atomic E-state index is 0.998. The lowest BCUT2D eigenvalue weighted by molar-refractivity contribution is 0.225. The van der Waals surface area contributed by atoms with E-state index in [1.165, 1.54) is 54.7 Å². The van der Waals surface area contributed by atoms with Crippen LogP contribution in [0.4, 0.5) is 0 Å². The van der Waals surface area contributed by atoms with Crippen LogP contribution in [0.25, 0.3) is 0 Å². The molecule has 96 valence electrons. The predicted molar refractivity (Wildman–Crippen MR) is 78.6 cm³/mol. The van der Waals surface area contributed by atoms with E-state index in [1.807, 2.05) is 11.3 Å². The molecule has 1 saturated heterocycles. The Hall–Kier alpha value is 0.1000. The normalized spacial score (nSPS) is 17.5. The molecule has 0 aliphatic carbocycles. The minimum absolute atomic E-state index is 0.998. The lowest BCUT2D eigenvalue weighted by atomic mass is 10.1. The highest BCUT2D eigenvalue weighted by atomic mass is 79.9. The number of nitrogens with zero attached hydrogens (tertiary/aromatic N) is 1. The Morgan fingerprint density at radius 2 is 2.12 bits per heavy atom. The zero-order valence-electron chi connectivity index (χ0n) is 10.3. The van der Waals surface area contributed by atoms with E-state index in [-0.39, 0.29) is 0 Å². The van der Waals surface area contributed by atoms with Gasteiger partial charge in [-0.15, -0.1) is 11.3 Å². The second-order valence-corrected chi connectivity index (χ2v) is 6.48. The average molecular weight is 317 g/mol. The van der Waals surface area contributed by atoms with Crippen molar-refractivity contribution in [1.29, 1.82) is 0 Å². The summed E-state index contributed by atoms with van der Waals surface area (Å²) in [7, 11) is 0. The zero-order valence-corrected chi connectivity index (χ0v) is 12.7. The van der Waals surface area contributed by atoms with Crippen molar-refractivity contribution >= 4 is 27.3 Å². The smallest absolute Gasteiger partial charge is 0.0327 e. The maximum absolute atomic E-state index is 3.56. The SMILES string of the molecule is Brc1ccsc1CNCCCN1CCCCC1. The monoisotopic (exact) mass is 316 g/mol. The third kappa shape index (κ3) is 4.70. The minimum Gasteiger partial charge on any atom is -0.312 e. The van der Waals surface area contributed by atoms with E-state index in [2.05, 4.69) is 37.6 Å². The summed E-state index contributed by atoms with van der Waals surface area (Å²) in [5.74, 6) is 0. The van der Waals surface area contributed by atoms with Gasteiger partial charge in [0.05, 0.1) is 0 Å². The van der Waals surface area contributed by atoms with Crippen LogP contribution in [-0.4, -0.2) is 31.1 Å². The first-order valence-corrected chi connectivity index (χ1v) is 8.18. The molecular weight excluding hydrogens is 296 g/mol. The summed E-state index contributed by atoms with van der Waals surface area (Å²) >= 11 is 5.38. The molecule has 17 heavy (non-hydrogen) atoms. The highest BCUT2D eigenvalue weighted by molar-refractivity contribution is 9.10. The van der Waals surface area contributed by atoms with Gasteiger partial charge in [0.15, 0.2) is 0 Å². The van der Waals surface area contributed by atoms with Crippen LogP contribution < -0.4 is 5.32 Å². The summed E-state index contributed by atoms with van der Waals surface area (Å²) < 4.78 is 1.24. The third-order valence-corrected chi connectivity index (χ3v) is 5.18. The molecule has 0 aromatic carbocycles. The third-order valence-electron chi connectivity index (χ3n) is 3.25. The molecular formula is C13H21BrN2S. The van der Waals surface area contributed by atoms with Crippen LogP contribution in [0.1, 0.15) is 30.6 Å². The Bertz CT molecular complexity index is 321. The maximum atomic E-state index is 3.56. The molecule has 0 spiro atoms. The van der Waals surface area contributed by atoms with Crippen molar-refractivity contribution in [3.63, 3.8) is 0 Å². The number of likely N-dealkylation sites (tertiary alicyclic amines) is 1. The number of hydrogen-bond acceptors (Lipinski definition) is 3. The Balaban J connectivity index is 1.53. The van der Waals surface area contributed by atoms with Gasteiger partial charge >= 0.3 is 0 Å². The molecule has 2 heterocycles. The molecule has 1 aliphatic heterocycles. The maximum Gasteiger partial charge on any atom is 0.0327 e. The van der Waals surface area contributed by atoms with E-state index in [4.69, 9.17) is 0 Å². The summed E-state index contributed by atoms with van der Waals surface area (Å²) in [4.78, 5) is 4.01. The van der Waals surface area contributed by atoms with Gasteiger partial charge in [0.2, 0.25) is 0 Å². The van der Waals surface area contributed by atoms with Crippen molar-refractivity contribution in [2.45, 2.75) is 32.2 Å². The second-order valence-electron chi connectivity index (χ2n) is 4.62. The highest BCUT2D eigenvalue weighted by Crippen LogP contribution is 2.22. The number of thiophene rings is 1. The highest BCUT2D eigenvalue weighted by Gasteiger charge is 2.08. The molecule has 1 aliphatic rings. The van der Waals surface area contributed by atoms with E-state index < -0.39 is 0 Å². The van der Waals surface area contributed by atoms with Crippen LogP contribution in [0.3, 0.4) is 0 Å². The number of halogens is 1. The number of hydrogen-bond donors (Lipinski definition) is 1. The van der Waals surface area contributed by atoms with Gasteiger partial charge in [0.25, 0.3) is 0 Å². The van der Waals surface area contributed by atoms with E-state index in [9.17, 15) is 0 Å². The second kappa shape index (κ2) is 7.52. The van der Waals surface area contributed by atoms with Crippen LogP contribution in [0.5, 0.6) is 0 Å². The summed E-state index contributed by atoms with van der Waals surface area (Å²) in [5.41, 5.74) is 0. The quantitative estimate of drug-likeness (QED) is 0.808. The summed E-state index contributed by atoms with van der Waals surface area (Å²) in [5, 5.41) is 5.66. The van der Waals surface area contributed by atoms with Crippen LogP contribution in [-0.2, 0) is 6.54 Å². The number of piperidine rings is 1. The molecule has 0 saturated carbocycles. The van der Waals surface area contributed by atoms with Crippen molar-refractivity contribution in [1.82, 2.24) is 10.2 Å². The zero-order chi connectivity index (χ0) is 11.9. The van der Waals surface area contributed by atoms with Gasteiger partial charge in [-0.3, -0.25) is 0 Å². The number of nitrogens with one attached hydrogen (secondary N) is 1. The van der Waals surface area contributed by atoms with Crippen LogP contribution in [0.15, 0.2) is 15.9 Å². The van der Waals surface area contributed by atoms with Crippen molar-refractivity contribution in [3.8, 4) is 0 Å². The molecule has 1 N–H and O–H groups in total. The van der Waals surface area contributed by atoms with Crippen LogP contribution >= 0.6 is 27.3 Å². The van der Waals surface area contributed by atoms with Crippen molar-refractivity contribution in [2.75, 3.05) is 26.2 Å². The van der Waals surface area contributed by atoms with Gasteiger partial charge in [0, 0.05) is 15.9 Å². The largest absolute Gasteiger partial charge is 0.312 e. The van der Waals surface area contributed by atoms with Gasteiger partial charge < -0.3 is 10.2 Å². The fourth-order valence-electron chi connectivity index (χ4n) is 2.26. The van der Waals surface area contributed by atoms with Crippen LogP contribution in [0, 0.1) is 0 Å². The van der Waals surface area contributed by atoms with Crippen molar-refractivity contribution in [2.24, 2.45) is 0 Å². The Morgan fingerprint density at radius 3 is 2.82 bits per heavy atom. The lowest BCUT2D eigenvalue weighted by Gasteiger charge is -2.26. The average Bonchev–Trinajstić information content (AvgIpc) is 2.76. The molecule has 0 amide bonds. The van der Waals surface area contributed by atoms with Gasteiger partial charge in [-0.05, 0) is 72.8 Å². The summed E-state index contributed by atoms with van der Waals surface area (Å²) in [6.07, 6.45) is 5.50. The molecule has 0 radical (unpaired) electrons. The molecule has 2 nitrogen and oxygen atoms in total. The standard InChI is InChI=1S/C13H21BrN2S/c14-12-5-10-17-13(12)11-15-6-4-9-16-7-2-1-3-8-16/h5,10,15H,1-4,6-9,11H2. The molecule has 4 heteroatoms. The predicted octanol–water partition coefficient (Wildman–Crippen LogP) is 3.48. The van der Waals surface area contributed by atoms with Gasteiger partial charge in [-0.1, -0.05) is 6.42 Å². The summed E-state index contributed by atoms with van der Waals surface area (Å²) in [6, 6.07) is 2.12. The van der Waals surface area contributed by atoms with Gasteiger partial charge in [-0.2, -0.15) is 0 Å². The van der Waals surface area contributed by atoms with Gasteiger partial charge in [-0.25, -0.2) is 0 Å². The fourth-order valence-corrected chi connectivity index (χ4v) is 3.73. The van der Waals surface area contributed by atoms with Crippen molar-refractivity contribution < 1.29 is 0 Å². The first-order valence-electron chi connectivity index (χ1n) is 6.51. The molecule has 0 unspecified atom stereocenters. The molecule has 0 bridgehead atoms. The first-order chi connectivity index (χ1) is 8.36. The Kier molecular flexibility index (Phi) is 5.98. The number of rotatable bonds is 6. The molecule has 1 aromatic rings. The molecule has 2 rings (SSSR count). The fraction of sp³-hybridized carbons (Fsp3) is 0.692. The topological polar surface area (TPSA) is 15.3 Å². The molecule has 1 fully saturated rings. The van der Waals surface area contributed by atoms with Gasteiger partial charge in [0.1, 0.15) is 0 Å². The molecule has 1 aromatic heterocycles.